The fourth-order valence-corrected chi connectivity index (χ4v) is 3.34. The zero-order chi connectivity index (χ0) is 20.1. The monoisotopic (exact) mass is 403 g/mol. The van der Waals surface area contributed by atoms with Crippen molar-refractivity contribution in [3.63, 3.8) is 0 Å². The molecule has 0 fully saturated rings. The maximum absolute atomic E-state index is 12.4. The number of para-hydroxylation sites is 1. The Hall–Kier alpha value is -3.91. The number of nitrogens with zero attached hydrogens (tertiary/aromatic N) is 1. The van der Waals surface area contributed by atoms with Crippen molar-refractivity contribution in [1.82, 2.24) is 10.2 Å². The third-order valence-corrected chi connectivity index (χ3v) is 4.93. The Labute approximate surface area is 170 Å². The van der Waals surface area contributed by atoms with Crippen LogP contribution in [0.4, 0.5) is 21.9 Å². The SMILES string of the molecule is O=C(Nc1ccccc1)Nc1ccc(NC(=O)c2cc(-c3cccs3)[nH]n2)cc1. The molecule has 7 nitrogen and oxygen atoms in total. The minimum absolute atomic E-state index is 0.304. The Morgan fingerprint density at radius 1 is 0.793 bits per heavy atom. The Balaban J connectivity index is 1.34. The lowest BCUT2D eigenvalue weighted by Gasteiger charge is -2.08. The standard InChI is InChI=1S/C21H17N5O2S/c27-20(18-13-17(25-26-18)19-7-4-12-29-19)22-15-8-10-16(11-9-15)24-21(28)23-14-5-2-1-3-6-14/h1-13H,(H,22,27)(H,25,26)(H2,23,24,28). The van der Waals surface area contributed by atoms with Gasteiger partial charge in [0, 0.05) is 17.1 Å². The van der Waals surface area contributed by atoms with E-state index in [1.807, 2.05) is 35.7 Å². The van der Waals surface area contributed by atoms with Crippen LogP contribution >= 0.6 is 11.3 Å². The Kier molecular flexibility index (Phi) is 5.35. The molecule has 0 unspecified atom stereocenters. The lowest BCUT2D eigenvalue weighted by atomic mass is 10.2. The number of benzene rings is 2. The average molecular weight is 403 g/mol. The number of nitrogens with one attached hydrogen (secondary N) is 4. The van der Waals surface area contributed by atoms with Crippen LogP contribution in [0.3, 0.4) is 0 Å². The first-order valence-corrected chi connectivity index (χ1v) is 9.69. The highest BCUT2D eigenvalue weighted by Crippen LogP contribution is 2.23. The van der Waals surface area contributed by atoms with Crippen LogP contribution in [0.1, 0.15) is 10.5 Å². The number of urea groups is 1. The molecular weight excluding hydrogens is 386 g/mol. The van der Waals surface area contributed by atoms with Crippen molar-refractivity contribution in [2.75, 3.05) is 16.0 Å². The first-order valence-electron chi connectivity index (χ1n) is 8.81. The predicted molar refractivity (Wildman–Crippen MR) is 115 cm³/mol. The number of anilines is 3. The maximum Gasteiger partial charge on any atom is 0.323 e. The summed E-state index contributed by atoms with van der Waals surface area (Å²) in [6.45, 7) is 0. The van der Waals surface area contributed by atoms with Gasteiger partial charge in [0.25, 0.3) is 5.91 Å². The van der Waals surface area contributed by atoms with Gasteiger partial charge >= 0.3 is 6.03 Å². The van der Waals surface area contributed by atoms with Crippen molar-refractivity contribution >= 4 is 40.3 Å². The molecule has 0 atom stereocenters. The van der Waals surface area contributed by atoms with Crippen molar-refractivity contribution < 1.29 is 9.59 Å². The van der Waals surface area contributed by atoms with Crippen molar-refractivity contribution in [3.8, 4) is 10.6 Å². The largest absolute Gasteiger partial charge is 0.323 e. The second kappa shape index (κ2) is 8.41. The topological polar surface area (TPSA) is 98.9 Å². The van der Waals surface area contributed by atoms with Crippen molar-refractivity contribution in [3.05, 3.63) is 83.9 Å². The molecule has 0 radical (unpaired) electrons. The van der Waals surface area contributed by atoms with Gasteiger partial charge in [-0.05, 0) is 53.9 Å². The summed E-state index contributed by atoms with van der Waals surface area (Å²) in [4.78, 5) is 25.4. The number of rotatable bonds is 5. The smallest absolute Gasteiger partial charge is 0.321 e. The molecule has 0 saturated heterocycles. The number of carbonyl (C=O) groups excluding carboxylic acids is 2. The zero-order valence-corrected chi connectivity index (χ0v) is 16.0. The molecule has 4 N–H and O–H groups in total. The summed E-state index contributed by atoms with van der Waals surface area (Å²) in [7, 11) is 0. The van der Waals surface area contributed by atoms with E-state index >= 15 is 0 Å². The van der Waals surface area contributed by atoms with Crippen LogP contribution < -0.4 is 16.0 Å². The zero-order valence-electron chi connectivity index (χ0n) is 15.2. The van der Waals surface area contributed by atoms with Gasteiger partial charge in [-0.1, -0.05) is 24.3 Å². The maximum atomic E-state index is 12.4. The lowest BCUT2D eigenvalue weighted by molar-refractivity contribution is 0.102. The summed E-state index contributed by atoms with van der Waals surface area (Å²) in [5.41, 5.74) is 3.02. The van der Waals surface area contributed by atoms with Crippen LogP contribution in [0.5, 0.6) is 0 Å². The Bertz CT molecular complexity index is 1110. The molecule has 0 saturated carbocycles. The van der Waals surface area contributed by atoms with E-state index in [-0.39, 0.29) is 11.9 Å². The molecule has 0 aliphatic heterocycles. The van der Waals surface area contributed by atoms with Gasteiger partial charge in [0.2, 0.25) is 0 Å². The Morgan fingerprint density at radius 3 is 2.10 bits per heavy atom. The van der Waals surface area contributed by atoms with E-state index in [4.69, 9.17) is 0 Å². The average Bonchev–Trinajstić information content (AvgIpc) is 3.42. The molecule has 4 aromatic rings. The summed E-state index contributed by atoms with van der Waals surface area (Å²) in [6.07, 6.45) is 0. The summed E-state index contributed by atoms with van der Waals surface area (Å²) in [5, 5.41) is 17.2. The molecule has 2 aromatic carbocycles. The van der Waals surface area contributed by atoms with Crippen LogP contribution in [-0.2, 0) is 0 Å². The quantitative estimate of drug-likeness (QED) is 0.376. The third kappa shape index (κ3) is 4.69. The van der Waals surface area contributed by atoms with E-state index < -0.39 is 0 Å². The van der Waals surface area contributed by atoms with Crippen molar-refractivity contribution in [1.29, 1.82) is 0 Å². The molecule has 2 aromatic heterocycles. The van der Waals surface area contributed by atoms with E-state index in [1.165, 1.54) is 0 Å². The number of carbonyl (C=O) groups is 2. The van der Waals surface area contributed by atoms with Crippen molar-refractivity contribution in [2.24, 2.45) is 0 Å². The second-order valence-corrected chi connectivity index (χ2v) is 7.07. The van der Waals surface area contributed by atoms with E-state index in [2.05, 4.69) is 26.1 Å². The highest BCUT2D eigenvalue weighted by molar-refractivity contribution is 7.13. The number of hydrogen-bond donors (Lipinski definition) is 4. The minimum Gasteiger partial charge on any atom is -0.321 e. The van der Waals surface area contributed by atoms with Gasteiger partial charge in [0.15, 0.2) is 5.69 Å². The molecular formula is C21H17N5O2S. The summed E-state index contributed by atoms with van der Waals surface area (Å²) in [6, 6.07) is 21.3. The molecule has 2 heterocycles. The molecule has 144 valence electrons. The molecule has 4 rings (SSSR count). The van der Waals surface area contributed by atoms with Crippen LogP contribution in [0.2, 0.25) is 0 Å². The van der Waals surface area contributed by atoms with Gasteiger partial charge in [0.1, 0.15) is 0 Å². The van der Waals surface area contributed by atoms with E-state index in [1.54, 1.807) is 53.8 Å². The number of hydrogen-bond acceptors (Lipinski definition) is 4. The van der Waals surface area contributed by atoms with Crippen LogP contribution in [0, 0.1) is 0 Å². The molecule has 0 aliphatic rings. The first kappa shape index (κ1) is 18.5. The predicted octanol–water partition coefficient (Wildman–Crippen LogP) is 5.03. The van der Waals surface area contributed by atoms with Crippen molar-refractivity contribution in [2.45, 2.75) is 0 Å². The summed E-state index contributed by atoms with van der Waals surface area (Å²) >= 11 is 1.57. The number of amides is 3. The van der Waals surface area contributed by atoms with Gasteiger partial charge in [-0.25, -0.2) is 4.79 Å². The second-order valence-electron chi connectivity index (χ2n) is 6.12. The number of thiophene rings is 1. The van der Waals surface area contributed by atoms with Gasteiger partial charge in [-0.2, -0.15) is 5.10 Å². The molecule has 8 heteroatoms. The fourth-order valence-electron chi connectivity index (χ4n) is 2.64. The highest BCUT2D eigenvalue weighted by atomic mass is 32.1. The van der Waals surface area contributed by atoms with Gasteiger partial charge in [-0.3, -0.25) is 9.89 Å². The number of H-pyrrole nitrogens is 1. The lowest BCUT2D eigenvalue weighted by Crippen LogP contribution is -2.19. The number of aromatic nitrogens is 2. The van der Waals surface area contributed by atoms with E-state index in [9.17, 15) is 9.59 Å². The normalized spacial score (nSPS) is 10.3. The Morgan fingerprint density at radius 2 is 1.45 bits per heavy atom. The molecule has 29 heavy (non-hydrogen) atoms. The van der Waals surface area contributed by atoms with Crippen LogP contribution in [0.15, 0.2) is 78.2 Å². The van der Waals surface area contributed by atoms with Crippen LogP contribution in [0.25, 0.3) is 10.6 Å². The van der Waals surface area contributed by atoms with E-state index in [0.717, 1.165) is 10.6 Å². The summed E-state index contributed by atoms with van der Waals surface area (Å²) in [5.74, 6) is -0.313. The first-order chi connectivity index (χ1) is 14.2. The number of aromatic amines is 1. The van der Waals surface area contributed by atoms with Gasteiger partial charge < -0.3 is 16.0 Å². The van der Waals surface area contributed by atoms with Crippen LogP contribution in [-0.4, -0.2) is 22.1 Å². The van der Waals surface area contributed by atoms with E-state index in [0.29, 0.717) is 22.8 Å². The highest BCUT2D eigenvalue weighted by Gasteiger charge is 2.12. The summed E-state index contributed by atoms with van der Waals surface area (Å²) < 4.78 is 0. The third-order valence-electron chi connectivity index (χ3n) is 4.03. The van der Waals surface area contributed by atoms with Gasteiger partial charge in [-0.15, -0.1) is 11.3 Å². The molecule has 0 aliphatic carbocycles. The molecule has 3 amide bonds. The van der Waals surface area contributed by atoms with Gasteiger partial charge in [0.05, 0.1) is 10.6 Å². The molecule has 0 spiro atoms. The fraction of sp³-hybridized carbons (Fsp3) is 0. The molecule has 0 bridgehead atoms. The minimum atomic E-state index is -0.342.